The smallest absolute Gasteiger partial charge is 0.198 e. The van der Waals surface area contributed by atoms with E-state index in [9.17, 15) is 0 Å². The van der Waals surface area contributed by atoms with Crippen LogP contribution in [0.3, 0.4) is 0 Å². The molecule has 0 bridgehead atoms. The third-order valence-corrected chi connectivity index (χ3v) is 4.28. The first-order chi connectivity index (χ1) is 13.3. The van der Waals surface area contributed by atoms with Crippen LogP contribution in [0, 0.1) is 0 Å². The molecule has 0 aliphatic heterocycles. The van der Waals surface area contributed by atoms with Gasteiger partial charge in [-0.3, -0.25) is 0 Å². The monoisotopic (exact) mass is 361 g/mol. The van der Waals surface area contributed by atoms with Gasteiger partial charge in [0, 0.05) is 17.5 Å². The minimum absolute atomic E-state index is 0.527. The third-order valence-electron chi connectivity index (χ3n) is 4.28. The van der Waals surface area contributed by atoms with Crippen LogP contribution in [-0.4, -0.2) is 24.2 Å². The van der Waals surface area contributed by atoms with E-state index in [1.54, 1.807) is 20.5 Å². The molecule has 0 aliphatic rings. The highest BCUT2D eigenvalue weighted by molar-refractivity contribution is 5.90. The van der Waals surface area contributed by atoms with Gasteiger partial charge in [0.25, 0.3) is 0 Å². The Hall–Kier alpha value is -3.54. The van der Waals surface area contributed by atoms with E-state index in [4.69, 9.17) is 13.9 Å². The number of furan rings is 1. The minimum Gasteiger partial charge on any atom is -0.493 e. The van der Waals surface area contributed by atoms with E-state index < -0.39 is 0 Å². The van der Waals surface area contributed by atoms with Gasteiger partial charge in [0.15, 0.2) is 23.1 Å². The predicted molar refractivity (Wildman–Crippen MR) is 104 cm³/mol. The molecule has 0 saturated carbocycles. The number of hydrogen-bond donors (Lipinski definition) is 1. The standard InChI is InChI=1S/C21H19N3O3/c1-25-17-10-5-7-14(19(17)26-2)13-22-20-15-8-3-4-9-16(15)23-21(24-20)18-11-6-12-27-18/h3-12H,13H2,1-2H3,(H,22,23,24). The maximum Gasteiger partial charge on any atom is 0.198 e. The lowest BCUT2D eigenvalue weighted by atomic mass is 10.1. The number of ether oxygens (including phenoxy) is 2. The molecule has 0 atom stereocenters. The fourth-order valence-corrected chi connectivity index (χ4v) is 3.00. The van der Waals surface area contributed by atoms with E-state index in [-0.39, 0.29) is 0 Å². The summed E-state index contributed by atoms with van der Waals surface area (Å²) in [6, 6.07) is 17.3. The summed E-state index contributed by atoms with van der Waals surface area (Å²) in [5, 5.41) is 4.34. The second-order valence-corrected chi connectivity index (χ2v) is 5.90. The highest BCUT2D eigenvalue weighted by Crippen LogP contribution is 2.32. The van der Waals surface area contributed by atoms with Crippen molar-refractivity contribution in [1.29, 1.82) is 0 Å². The summed E-state index contributed by atoms with van der Waals surface area (Å²) in [6.07, 6.45) is 1.61. The second kappa shape index (κ2) is 7.37. The molecule has 4 rings (SSSR count). The lowest BCUT2D eigenvalue weighted by Gasteiger charge is -2.14. The van der Waals surface area contributed by atoms with E-state index in [0.29, 0.717) is 29.6 Å². The van der Waals surface area contributed by atoms with Crippen molar-refractivity contribution in [3.05, 3.63) is 66.4 Å². The number of nitrogens with zero attached hydrogens (tertiary/aromatic N) is 2. The number of para-hydroxylation sites is 2. The number of aromatic nitrogens is 2. The summed E-state index contributed by atoms with van der Waals surface area (Å²) in [6.45, 7) is 0.527. The Morgan fingerprint density at radius 1 is 0.926 bits per heavy atom. The number of rotatable bonds is 6. The van der Waals surface area contributed by atoms with Crippen LogP contribution in [0.15, 0.2) is 65.3 Å². The lowest BCUT2D eigenvalue weighted by molar-refractivity contribution is 0.352. The Morgan fingerprint density at radius 2 is 1.81 bits per heavy atom. The molecule has 1 N–H and O–H groups in total. The van der Waals surface area contributed by atoms with Crippen LogP contribution >= 0.6 is 0 Å². The van der Waals surface area contributed by atoms with Crippen molar-refractivity contribution in [3.63, 3.8) is 0 Å². The van der Waals surface area contributed by atoms with Crippen molar-refractivity contribution in [2.24, 2.45) is 0 Å². The van der Waals surface area contributed by atoms with Gasteiger partial charge in [-0.1, -0.05) is 24.3 Å². The van der Waals surface area contributed by atoms with Gasteiger partial charge in [-0.15, -0.1) is 0 Å². The van der Waals surface area contributed by atoms with E-state index in [2.05, 4.69) is 15.3 Å². The van der Waals surface area contributed by atoms with Crippen molar-refractivity contribution in [2.75, 3.05) is 19.5 Å². The number of fused-ring (bicyclic) bond motifs is 1. The van der Waals surface area contributed by atoms with Crippen LogP contribution in [0.1, 0.15) is 5.56 Å². The van der Waals surface area contributed by atoms with Crippen LogP contribution in [-0.2, 0) is 6.54 Å². The van der Waals surface area contributed by atoms with Crippen molar-refractivity contribution in [2.45, 2.75) is 6.54 Å². The first-order valence-corrected chi connectivity index (χ1v) is 8.54. The molecule has 0 amide bonds. The molecule has 0 saturated heterocycles. The van der Waals surface area contributed by atoms with Crippen LogP contribution in [0.25, 0.3) is 22.5 Å². The lowest BCUT2D eigenvalue weighted by Crippen LogP contribution is -2.06. The molecule has 0 aliphatic carbocycles. The zero-order valence-electron chi connectivity index (χ0n) is 15.1. The van der Waals surface area contributed by atoms with Gasteiger partial charge in [0.1, 0.15) is 5.82 Å². The number of nitrogens with one attached hydrogen (secondary N) is 1. The fraction of sp³-hybridized carbons (Fsp3) is 0.143. The average Bonchev–Trinajstić information content (AvgIpc) is 3.26. The van der Waals surface area contributed by atoms with Crippen molar-refractivity contribution < 1.29 is 13.9 Å². The Balaban J connectivity index is 1.72. The SMILES string of the molecule is COc1cccc(CNc2nc(-c3ccco3)nc3ccccc23)c1OC. The Labute approximate surface area is 156 Å². The summed E-state index contributed by atoms with van der Waals surface area (Å²) < 4.78 is 16.4. The molecule has 0 fully saturated rings. The summed E-state index contributed by atoms with van der Waals surface area (Å²) in [5.74, 6) is 3.30. The van der Waals surface area contributed by atoms with Crippen molar-refractivity contribution in [1.82, 2.24) is 9.97 Å². The average molecular weight is 361 g/mol. The summed E-state index contributed by atoms with van der Waals surface area (Å²) in [7, 11) is 3.26. The second-order valence-electron chi connectivity index (χ2n) is 5.90. The maximum atomic E-state index is 5.51. The normalized spacial score (nSPS) is 10.7. The topological polar surface area (TPSA) is 69.4 Å². The molecule has 2 aromatic carbocycles. The number of anilines is 1. The maximum absolute atomic E-state index is 5.51. The van der Waals surface area contributed by atoms with Crippen LogP contribution in [0.4, 0.5) is 5.82 Å². The Morgan fingerprint density at radius 3 is 2.59 bits per heavy atom. The first kappa shape index (κ1) is 16.9. The molecule has 27 heavy (non-hydrogen) atoms. The molecule has 4 aromatic rings. The molecular formula is C21H19N3O3. The fourth-order valence-electron chi connectivity index (χ4n) is 3.00. The van der Waals surface area contributed by atoms with Gasteiger partial charge in [0.05, 0.1) is 26.0 Å². The number of benzene rings is 2. The molecule has 0 unspecified atom stereocenters. The minimum atomic E-state index is 0.527. The first-order valence-electron chi connectivity index (χ1n) is 8.54. The predicted octanol–water partition coefficient (Wildman–Crippen LogP) is 4.52. The molecule has 2 heterocycles. The van der Waals surface area contributed by atoms with Gasteiger partial charge in [-0.2, -0.15) is 0 Å². The van der Waals surface area contributed by atoms with E-state index in [1.165, 1.54) is 0 Å². The van der Waals surface area contributed by atoms with Crippen molar-refractivity contribution in [3.8, 4) is 23.1 Å². The number of methoxy groups -OCH3 is 2. The van der Waals surface area contributed by atoms with Crippen molar-refractivity contribution >= 4 is 16.7 Å². The van der Waals surface area contributed by atoms with E-state index >= 15 is 0 Å². The molecule has 6 nitrogen and oxygen atoms in total. The van der Waals surface area contributed by atoms with E-state index in [1.807, 2.05) is 54.6 Å². The Bertz CT molecular complexity index is 1060. The van der Waals surface area contributed by atoms with Gasteiger partial charge in [-0.25, -0.2) is 9.97 Å². The molecule has 136 valence electrons. The van der Waals surface area contributed by atoms with Crippen LogP contribution in [0.5, 0.6) is 11.5 Å². The highest BCUT2D eigenvalue weighted by Gasteiger charge is 2.13. The van der Waals surface area contributed by atoms with Crippen LogP contribution < -0.4 is 14.8 Å². The van der Waals surface area contributed by atoms with E-state index in [0.717, 1.165) is 22.3 Å². The van der Waals surface area contributed by atoms with Gasteiger partial charge >= 0.3 is 0 Å². The summed E-state index contributed by atoms with van der Waals surface area (Å²) >= 11 is 0. The van der Waals surface area contributed by atoms with Gasteiger partial charge in [0.2, 0.25) is 0 Å². The number of hydrogen-bond acceptors (Lipinski definition) is 6. The molecule has 0 spiro atoms. The summed E-state index contributed by atoms with van der Waals surface area (Å²) in [4.78, 5) is 9.27. The zero-order chi connectivity index (χ0) is 18.6. The van der Waals surface area contributed by atoms with Gasteiger partial charge in [-0.05, 0) is 30.3 Å². The molecule has 6 heteroatoms. The van der Waals surface area contributed by atoms with Crippen LogP contribution in [0.2, 0.25) is 0 Å². The van der Waals surface area contributed by atoms with Gasteiger partial charge < -0.3 is 19.2 Å². The third kappa shape index (κ3) is 3.29. The zero-order valence-corrected chi connectivity index (χ0v) is 15.1. The molecular weight excluding hydrogens is 342 g/mol. The largest absolute Gasteiger partial charge is 0.493 e. The summed E-state index contributed by atoms with van der Waals surface area (Å²) in [5.41, 5.74) is 1.82. The Kier molecular flexibility index (Phi) is 4.61. The quantitative estimate of drug-likeness (QED) is 0.544. The highest BCUT2D eigenvalue weighted by atomic mass is 16.5. The molecule has 0 radical (unpaired) electrons. The molecule has 2 aromatic heterocycles.